The van der Waals surface area contributed by atoms with E-state index in [4.69, 9.17) is 15.3 Å². The molecular formula is C22H27FN6O2. The van der Waals surface area contributed by atoms with Gasteiger partial charge in [0.2, 0.25) is 5.88 Å². The van der Waals surface area contributed by atoms with Crippen molar-refractivity contribution in [1.29, 1.82) is 0 Å². The van der Waals surface area contributed by atoms with Crippen LogP contribution in [0.1, 0.15) is 36.9 Å². The summed E-state index contributed by atoms with van der Waals surface area (Å²) in [5.41, 5.74) is 7.86. The summed E-state index contributed by atoms with van der Waals surface area (Å²) in [5.74, 6) is -0.150. The Labute approximate surface area is 180 Å². The Bertz CT molecular complexity index is 1060. The van der Waals surface area contributed by atoms with E-state index in [2.05, 4.69) is 25.0 Å². The lowest BCUT2D eigenvalue weighted by Crippen LogP contribution is -2.20. The maximum Gasteiger partial charge on any atom is 0.233 e. The van der Waals surface area contributed by atoms with Gasteiger partial charge in [0.15, 0.2) is 11.6 Å². The first kappa shape index (κ1) is 21.0. The Morgan fingerprint density at radius 1 is 1.26 bits per heavy atom. The van der Waals surface area contributed by atoms with Crippen LogP contribution in [0, 0.1) is 12.7 Å². The van der Waals surface area contributed by atoms with Crippen LogP contribution in [-0.4, -0.2) is 52.3 Å². The van der Waals surface area contributed by atoms with Crippen LogP contribution in [-0.2, 0) is 4.84 Å². The summed E-state index contributed by atoms with van der Waals surface area (Å²) in [6.45, 7) is 5.87. The quantitative estimate of drug-likeness (QED) is 0.305. The van der Waals surface area contributed by atoms with Gasteiger partial charge in [-0.15, -0.1) is 0 Å². The number of rotatable bonds is 9. The Morgan fingerprint density at radius 2 is 2.10 bits per heavy atom. The van der Waals surface area contributed by atoms with Crippen LogP contribution in [0.4, 0.5) is 10.2 Å². The van der Waals surface area contributed by atoms with Crippen molar-refractivity contribution in [1.82, 2.24) is 19.9 Å². The van der Waals surface area contributed by atoms with Gasteiger partial charge in [-0.25, -0.2) is 14.4 Å². The third-order valence-corrected chi connectivity index (χ3v) is 5.34. The second-order valence-corrected chi connectivity index (χ2v) is 7.69. The molecule has 1 aliphatic heterocycles. The normalized spacial score (nSPS) is 14.6. The molecule has 3 heterocycles. The van der Waals surface area contributed by atoms with Crippen molar-refractivity contribution >= 4 is 22.9 Å². The number of nitrogen functional groups attached to an aromatic ring is 1. The minimum atomic E-state index is -0.476. The van der Waals surface area contributed by atoms with Crippen molar-refractivity contribution in [2.75, 3.05) is 32.0 Å². The highest BCUT2D eigenvalue weighted by atomic mass is 19.1. The van der Waals surface area contributed by atoms with Gasteiger partial charge in [0.1, 0.15) is 24.3 Å². The fraction of sp³-hybridized carbons (Fsp3) is 0.409. The molecule has 4 rings (SSSR count). The van der Waals surface area contributed by atoms with Crippen molar-refractivity contribution in [2.24, 2.45) is 5.16 Å². The second kappa shape index (κ2) is 9.74. The maximum absolute atomic E-state index is 14.9. The number of aryl methyl sites for hydroxylation is 1. The number of halogens is 1. The zero-order chi connectivity index (χ0) is 21.6. The maximum atomic E-state index is 14.9. The van der Waals surface area contributed by atoms with E-state index in [9.17, 15) is 4.39 Å². The van der Waals surface area contributed by atoms with Crippen molar-refractivity contribution in [3.63, 3.8) is 0 Å². The molecule has 0 radical (unpaired) electrons. The molecule has 1 fully saturated rings. The number of unbranched alkanes of at least 4 members (excludes halogenated alkanes) is 1. The number of fused-ring (bicyclic) bond motifs is 1. The third-order valence-electron chi connectivity index (χ3n) is 5.34. The largest absolute Gasteiger partial charge is 0.435 e. The van der Waals surface area contributed by atoms with Crippen LogP contribution < -0.4 is 10.5 Å². The first-order valence-corrected chi connectivity index (χ1v) is 10.6. The van der Waals surface area contributed by atoms with E-state index >= 15 is 0 Å². The molecule has 0 atom stereocenters. The Kier molecular flexibility index (Phi) is 6.61. The van der Waals surface area contributed by atoms with Gasteiger partial charge in [-0.3, -0.25) is 0 Å². The van der Waals surface area contributed by atoms with E-state index in [0.29, 0.717) is 23.1 Å². The molecule has 2 aromatic heterocycles. The standard InChI is InChI=1S/C22H27FN6O2/c1-15-12-16-18(28-15)6-7-19(20(16)23)31-22-17(21(24)25-14-26-22)13-27-30-11-5-4-10-29-8-2-3-9-29/h6-7,12-14,28H,2-5,8-11H2,1H3,(H2,24,25,26)/b27-13+. The first-order valence-electron chi connectivity index (χ1n) is 10.6. The summed E-state index contributed by atoms with van der Waals surface area (Å²) >= 11 is 0. The number of nitrogens with two attached hydrogens (primary N) is 1. The minimum absolute atomic E-state index is 0.0436. The van der Waals surface area contributed by atoms with Gasteiger partial charge < -0.3 is 25.2 Å². The average Bonchev–Trinajstić information content (AvgIpc) is 3.40. The molecule has 31 heavy (non-hydrogen) atoms. The Morgan fingerprint density at radius 3 is 2.94 bits per heavy atom. The lowest BCUT2D eigenvalue weighted by Gasteiger charge is -2.13. The van der Waals surface area contributed by atoms with Crippen molar-refractivity contribution in [2.45, 2.75) is 32.6 Å². The number of nitrogens with zero attached hydrogens (tertiary/aromatic N) is 4. The molecule has 0 unspecified atom stereocenters. The molecule has 0 saturated carbocycles. The van der Waals surface area contributed by atoms with Gasteiger partial charge in [0.05, 0.1) is 6.21 Å². The first-order chi connectivity index (χ1) is 15.1. The number of H-pyrrole nitrogens is 1. The van der Waals surface area contributed by atoms with Crippen LogP contribution in [0.15, 0.2) is 29.7 Å². The lowest BCUT2D eigenvalue weighted by molar-refractivity contribution is 0.138. The number of benzene rings is 1. The molecule has 164 valence electrons. The zero-order valence-electron chi connectivity index (χ0n) is 17.6. The van der Waals surface area contributed by atoms with E-state index in [0.717, 1.165) is 25.1 Å². The van der Waals surface area contributed by atoms with Crippen LogP contribution in [0.25, 0.3) is 10.9 Å². The van der Waals surface area contributed by atoms with Crippen molar-refractivity contribution in [3.05, 3.63) is 41.6 Å². The summed E-state index contributed by atoms with van der Waals surface area (Å²) in [6, 6.07) is 5.03. The number of hydrogen-bond donors (Lipinski definition) is 2. The summed E-state index contributed by atoms with van der Waals surface area (Å²) in [5, 5.41) is 4.42. The number of nitrogens with one attached hydrogen (secondary N) is 1. The predicted molar refractivity (Wildman–Crippen MR) is 118 cm³/mol. The van der Waals surface area contributed by atoms with Crippen molar-refractivity contribution in [3.8, 4) is 11.6 Å². The highest BCUT2D eigenvalue weighted by Gasteiger charge is 2.15. The van der Waals surface area contributed by atoms with E-state index in [1.54, 1.807) is 18.2 Å². The van der Waals surface area contributed by atoms with Gasteiger partial charge in [0, 0.05) is 16.6 Å². The summed E-state index contributed by atoms with van der Waals surface area (Å²) in [7, 11) is 0. The topological polar surface area (TPSA) is 102 Å². The number of hydrogen-bond acceptors (Lipinski definition) is 7. The van der Waals surface area contributed by atoms with E-state index < -0.39 is 5.82 Å². The molecule has 1 aromatic carbocycles. The van der Waals surface area contributed by atoms with Gasteiger partial charge in [-0.2, -0.15) is 0 Å². The van der Waals surface area contributed by atoms with Crippen LogP contribution in [0.5, 0.6) is 11.6 Å². The molecule has 9 heteroatoms. The fourth-order valence-corrected chi connectivity index (χ4v) is 3.72. The predicted octanol–water partition coefficient (Wildman–Crippen LogP) is 4.01. The van der Waals surface area contributed by atoms with Crippen molar-refractivity contribution < 1.29 is 14.0 Å². The smallest absolute Gasteiger partial charge is 0.233 e. The van der Waals surface area contributed by atoms with Gasteiger partial charge in [-0.05, 0) is 70.4 Å². The van der Waals surface area contributed by atoms with Gasteiger partial charge in [0.25, 0.3) is 0 Å². The molecule has 0 aliphatic carbocycles. The number of ether oxygens (including phenoxy) is 1. The van der Waals surface area contributed by atoms with Crippen LogP contribution >= 0.6 is 0 Å². The highest BCUT2D eigenvalue weighted by Crippen LogP contribution is 2.31. The van der Waals surface area contributed by atoms with Crippen LogP contribution in [0.3, 0.4) is 0 Å². The molecule has 8 nitrogen and oxygen atoms in total. The SMILES string of the molecule is Cc1cc2c(F)c(Oc3ncnc(N)c3/C=N/OCCCCN3CCCC3)ccc2[nH]1. The minimum Gasteiger partial charge on any atom is -0.435 e. The zero-order valence-corrected chi connectivity index (χ0v) is 17.6. The average molecular weight is 426 g/mol. The molecule has 1 aliphatic rings. The third kappa shape index (κ3) is 5.11. The second-order valence-electron chi connectivity index (χ2n) is 7.69. The Hall–Kier alpha value is -3.20. The number of oxime groups is 1. The summed E-state index contributed by atoms with van der Waals surface area (Å²) in [4.78, 5) is 19.0. The number of likely N-dealkylation sites (tertiary alicyclic amines) is 1. The highest BCUT2D eigenvalue weighted by molar-refractivity contribution is 5.88. The number of anilines is 1. The molecular weight excluding hydrogens is 399 g/mol. The number of aromatic nitrogens is 3. The van der Waals surface area contributed by atoms with Gasteiger partial charge >= 0.3 is 0 Å². The molecule has 3 N–H and O–H groups in total. The lowest BCUT2D eigenvalue weighted by atomic mass is 10.2. The summed E-state index contributed by atoms with van der Waals surface area (Å²) < 4.78 is 20.6. The monoisotopic (exact) mass is 426 g/mol. The molecule has 0 bridgehead atoms. The molecule has 0 amide bonds. The van der Waals surface area contributed by atoms with E-state index in [-0.39, 0.29) is 17.4 Å². The van der Waals surface area contributed by atoms with Gasteiger partial charge in [-0.1, -0.05) is 5.16 Å². The fourth-order valence-electron chi connectivity index (χ4n) is 3.72. The summed E-state index contributed by atoms with van der Waals surface area (Å²) in [6.07, 6.45) is 7.25. The van der Waals surface area contributed by atoms with Crippen LogP contribution in [0.2, 0.25) is 0 Å². The molecule has 1 saturated heterocycles. The van der Waals surface area contributed by atoms with E-state index in [1.807, 2.05) is 6.92 Å². The Balaban J connectivity index is 1.38. The molecule has 3 aromatic rings. The molecule has 0 spiro atoms. The van der Waals surface area contributed by atoms with E-state index in [1.165, 1.54) is 38.5 Å². The number of aromatic amines is 1.